The topological polar surface area (TPSA) is 42.9 Å². The second-order valence-electron chi connectivity index (χ2n) is 4.30. The molecule has 0 spiro atoms. The van der Waals surface area contributed by atoms with Gasteiger partial charge < -0.3 is 0 Å². The van der Waals surface area contributed by atoms with Gasteiger partial charge >= 0.3 is 0 Å². The van der Waals surface area contributed by atoms with Crippen LogP contribution in [0.4, 0.5) is 0 Å². The maximum Gasteiger partial charge on any atom is 0.214 e. The van der Waals surface area contributed by atoms with Crippen LogP contribution in [0.3, 0.4) is 0 Å². The summed E-state index contributed by atoms with van der Waals surface area (Å²) >= 11 is 6.34. The van der Waals surface area contributed by atoms with Crippen molar-refractivity contribution in [2.75, 3.05) is 12.0 Å². The zero-order valence-electron chi connectivity index (χ0n) is 12.0. The quantitative estimate of drug-likeness (QED) is 0.474. The number of hydrogen-bond acceptors (Lipinski definition) is 7. The summed E-state index contributed by atoms with van der Waals surface area (Å²) in [5, 5.41) is 8.67. The number of aromatic nitrogens is 2. The van der Waals surface area contributed by atoms with Crippen molar-refractivity contribution >= 4 is 51.7 Å². The minimum Gasteiger partial charge on any atom is -0.282 e. The molecule has 0 amide bonds. The van der Waals surface area contributed by atoms with Gasteiger partial charge in [-0.2, -0.15) is 0 Å². The van der Waals surface area contributed by atoms with Crippen molar-refractivity contribution in [2.45, 2.75) is 47.0 Å². The Morgan fingerprint density at radius 1 is 1.40 bits per heavy atom. The normalized spacial score (nSPS) is 12.3. The fraction of sp³-hybridized carbons (Fsp3) is 0.615. The fourth-order valence-corrected chi connectivity index (χ4v) is 5.06. The molecule has 0 aliphatic rings. The lowest BCUT2D eigenvalue weighted by Gasteiger charge is -2.14. The largest absolute Gasteiger partial charge is 0.282 e. The predicted octanol–water partition coefficient (Wildman–Crippen LogP) is 4.75. The van der Waals surface area contributed by atoms with E-state index in [1.807, 2.05) is 6.26 Å². The Hall–Kier alpha value is 0.0200. The van der Waals surface area contributed by atoms with Crippen LogP contribution < -0.4 is 0 Å². The molecule has 1 atom stereocenters. The highest BCUT2D eigenvalue weighted by atomic mass is 32.2. The standard InChI is InChI=1S/C13H20N2OS4/c1-5-6-7-10(19-11(16)9(2)3)8-18-13-15-14-12(17-4)20-13/h10H,2,5-8H2,1,3-4H3. The molecule has 112 valence electrons. The molecule has 3 nitrogen and oxygen atoms in total. The third-order valence-electron chi connectivity index (χ3n) is 2.46. The molecule has 1 rings (SSSR count). The van der Waals surface area contributed by atoms with Crippen LogP contribution >= 0.6 is 46.6 Å². The maximum atomic E-state index is 11.8. The van der Waals surface area contributed by atoms with Gasteiger partial charge in [0.05, 0.1) is 0 Å². The summed E-state index contributed by atoms with van der Waals surface area (Å²) in [6, 6.07) is 0. The highest BCUT2D eigenvalue weighted by Crippen LogP contribution is 2.31. The van der Waals surface area contributed by atoms with Crippen molar-refractivity contribution < 1.29 is 4.79 Å². The molecule has 0 aliphatic heterocycles. The Balaban J connectivity index is 2.50. The first kappa shape index (κ1) is 18.1. The second-order valence-corrected chi connectivity index (χ2v) is 8.87. The molecule has 7 heteroatoms. The van der Waals surface area contributed by atoms with E-state index in [1.165, 1.54) is 11.8 Å². The lowest BCUT2D eigenvalue weighted by atomic mass is 10.2. The minimum absolute atomic E-state index is 0.105. The average molecular weight is 349 g/mol. The van der Waals surface area contributed by atoms with E-state index in [4.69, 9.17) is 0 Å². The van der Waals surface area contributed by atoms with Crippen LogP contribution in [-0.4, -0.2) is 32.6 Å². The fourth-order valence-electron chi connectivity index (χ4n) is 1.36. The predicted molar refractivity (Wildman–Crippen MR) is 93.1 cm³/mol. The molecular formula is C13H20N2OS4. The van der Waals surface area contributed by atoms with Crippen LogP contribution in [0.1, 0.15) is 33.1 Å². The number of carbonyl (C=O) groups excluding carboxylic acids is 1. The average Bonchev–Trinajstić information content (AvgIpc) is 2.89. The molecule has 0 saturated carbocycles. The van der Waals surface area contributed by atoms with Crippen LogP contribution in [0.25, 0.3) is 0 Å². The van der Waals surface area contributed by atoms with Crippen molar-refractivity contribution in [1.82, 2.24) is 10.2 Å². The third kappa shape index (κ3) is 6.65. The lowest BCUT2D eigenvalue weighted by Crippen LogP contribution is -2.10. The van der Waals surface area contributed by atoms with E-state index in [9.17, 15) is 4.79 Å². The number of unbranched alkanes of at least 4 members (excludes halogenated alkanes) is 1. The molecule has 0 radical (unpaired) electrons. The molecule has 0 N–H and O–H groups in total. The number of nitrogens with zero attached hydrogens (tertiary/aromatic N) is 2. The monoisotopic (exact) mass is 348 g/mol. The summed E-state index contributed by atoms with van der Waals surface area (Å²) in [5.41, 5.74) is 0.627. The van der Waals surface area contributed by atoms with E-state index in [2.05, 4.69) is 23.7 Å². The van der Waals surface area contributed by atoms with Gasteiger partial charge in [0, 0.05) is 11.0 Å². The number of hydrogen-bond donors (Lipinski definition) is 0. The molecule has 1 unspecified atom stereocenters. The number of rotatable bonds is 9. The van der Waals surface area contributed by atoms with Gasteiger partial charge in [0.1, 0.15) is 0 Å². The van der Waals surface area contributed by atoms with E-state index in [1.54, 1.807) is 41.8 Å². The minimum atomic E-state index is 0.105. The van der Waals surface area contributed by atoms with Crippen LogP contribution in [0.2, 0.25) is 0 Å². The van der Waals surface area contributed by atoms with Crippen LogP contribution in [0.15, 0.2) is 20.8 Å². The third-order valence-corrected chi connectivity index (χ3v) is 7.16. The Morgan fingerprint density at radius 3 is 2.65 bits per heavy atom. The molecule has 1 heterocycles. The summed E-state index contributed by atoms with van der Waals surface area (Å²) in [6.45, 7) is 7.67. The SMILES string of the molecule is C=C(C)C(=O)SC(CCCC)CSc1nnc(SC)s1. The van der Waals surface area contributed by atoms with E-state index in [-0.39, 0.29) is 5.12 Å². The molecule has 20 heavy (non-hydrogen) atoms. The van der Waals surface area contributed by atoms with Crippen molar-refractivity contribution in [1.29, 1.82) is 0 Å². The van der Waals surface area contributed by atoms with E-state index >= 15 is 0 Å². The van der Waals surface area contributed by atoms with Gasteiger partial charge in [-0.1, -0.05) is 73.0 Å². The van der Waals surface area contributed by atoms with Gasteiger partial charge in [-0.25, -0.2) is 0 Å². The molecule has 1 aromatic heterocycles. The smallest absolute Gasteiger partial charge is 0.214 e. The first-order chi connectivity index (χ1) is 9.56. The van der Waals surface area contributed by atoms with Crippen molar-refractivity contribution in [3.8, 4) is 0 Å². The van der Waals surface area contributed by atoms with Crippen LogP contribution in [-0.2, 0) is 4.79 Å². The van der Waals surface area contributed by atoms with E-state index in [0.717, 1.165) is 33.7 Å². The van der Waals surface area contributed by atoms with Crippen LogP contribution in [0, 0.1) is 0 Å². The van der Waals surface area contributed by atoms with E-state index in [0.29, 0.717) is 10.8 Å². The molecule has 1 aromatic rings. The van der Waals surface area contributed by atoms with Gasteiger partial charge in [0.2, 0.25) is 5.12 Å². The van der Waals surface area contributed by atoms with Gasteiger partial charge in [-0.3, -0.25) is 4.79 Å². The molecule has 0 fully saturated rings. The highest BCUT2D eigenvalue weighted by molar-refractivity contribution is 8.15. The second kappa shape index (κ2) is 9.87. The number of thioether (sulfide) groups is 3. The van der Waals surface area contributed by atoms with Crippen molar-refractivity contribution in [2.24, 2.45) is 0 Å². The Bertz CT molecular complexity index is 447. The lowest BCUT2D eigenvalue weighted by molar-refractivity contribution is -0.107. The van der Waals surface area contributed by atoms with Gasteiger partial charge in [-0.15, -0.1) is 10.2 Å². The van der Waals surface area contributed by atoms with Crippen LogP contribution in [0.5, 0.6) is 0 Å². The van der Waals surface area contributed by atoms with Gasteiger partial charge in [0.15, 0.2) is 8.68 Å². The molecule has 0 aromatic carbocycles. The van der Waals surface area contributed by atoms with Crippen molar-refractivity contribution in [3.05, 3.63) is 12.2 Å². The number of carbonyl (C=O) groups is 1. The molecular weight excluding hydrogens is 328 g/mol. The molecule has 0 aliphatic carbocycles. The molecule has 0 bridgehead atoms. The zero-order chi connectivity index (χ0) is 15.0. The summed E-state index contributed by atoms with van der Waals surface area (Å²) in [5.74, 6) is 0.896. The summed E-state index contributed by atoms with van der Waals surface area (Å²) in [4.78, 5) is 11.8. The van der Waals surface area contributed by atoms with Gasteiger partial charge in [0.25, 0.3) is 0 Å². The Kier molecular flexibility index (Phi) is 8.91. The summed E-state index contributed by atoms with van der Waals surface area (Å²) in [6.07, 6.45) is 5.36. The summed E-state index contributed by atoms with van der Waals surface area (Å²) < 4.78 is 1.97. The zero-order valence-corrected chi connectivity index (χ0v) is 15.3. The van der Waals surface area contributed by atoms with Crippen molar-refractivity contribution in [3.63, 3.8) is 0 Å². The highest BCUT2D eigenvalue weighted by Gasteiger charge is 2.16. The first-order valence-corrected chi connectivity index (χ1v) is 10.3. The van der Waals surface area contributed by atoms with E-state index < -0.39 is 0 Å². The Labute approximate surface area is 137 Å². The van der Waals surface area contributed by atoms with Gasteiger partial charge in [-0.05, 0) is 25.2 Å². The summed E-state index contributed by atoms with van der Waals surface area (Å²) in [7, 11) is 0. The first-order valence-electron chi connectivity index (χ1n) is 6.43. The maximum absolute atomic E-state index is 11.8. The Morgan fingerprint density at radius 2 is 2.10 bits per heavy atom. The molecule has 0 saturated heterocycles.